The molecule has 1 aromatic rings. The maximum Gasteiger partial charge on any atom is 0.410 e. The van der Waals surface area contributed by atoms with Gasteiger partial charge in [-0.25, -0.2) is 4.79 Å². The third-order valence-electron chi connectivity index (χ3n) is 2.14. The smallest absolute Gasteiger partial charge is 0.410 e. The molecule has 0 saturated heterocycles. The van der Waals surface area contributed by atoms with Crippen molar-refractivity contribution in [3.05, 3.63) is 35.4 Å². The minimum absolute atomic E-state index is 0.109. The van der Waals surface area contributed by atoms with Gasteiger partial charge in [0.05, 0.1) is 6.21 Å². The molecule has 19 heavy (non-hydrogen) atoms. The van der Waals surface area contributed by atoms with Gasteiger partial charge in [-0.2, -0.15) is 0 Å². The van der Waals surface area contributed by atoms with Gasteiger partial charge in [0, 0.05) is 17.6 Å². The van der Waals surface area contributed by atoms with Gasteiger partial charge < -0.3 is 14.8 Å². The summed E-state index contributed by atoms with van der Waals surface area (Å²) in [5.41, 5.74) is 0.503. The number of nitrogens with zero attached hydrogens (tertiary/aromatic N) is 2. The maximum absolute atomic E-state index is 12.1. The van der Waals surface area contributed by atoms with Crippen LogP contribution in [0.2, 0.25) is 0 Å². The lowest BCUT2D eigenvalue weighted by Crippen LogP contribution is -2.33. The molecule has 0 unspecified atom stereocenters. The first-order valence-corrected chi connectivity index (χ1v) is 5.80. The molecule has 0 saturated carbocycles. The van der Waals surface area contributed by atoms with Gasteiger partial charge in [-0.3, -0.25) is 0 Å². The summed E-state index contributed by atoms with van der Waals surface area (Å²) in [5, 5.41) is 11.4. The first-order valence-electron chi connectivity index (χ1n) is 7.30. The number of oxime groups is 1. The van der Waals surface area contributed by atoms with Crippen molar-refractivity contribution in [2.75, 3.05) is 6.98 Å². The molecule has 104 valence electrons. The van der Waals surface area contributed by atoms with Crippen LogP contribution in [0.5, 0.6) is 0 Å². The van der Waals surface area contributed by atoms with E-state index in [4.69, 9.17) is 14.1 Å². The predicted molar refractivity (Wildman–Crippen MR) is 73.5 cm³/mol. The second-order valence-electron chi connectivity index (χ2n) is 5.05. The van der Waals surface area contributed by atoms with Gasteiger partial charge in [0.1, 0.15) is 5.60 Å². The number of carbonyl (C=O) groups excluding carboxylic acids is 1. The highest BCUT2D eigenvalue weighted by Crippen LogP contribution is 2.11. The van der Waals surface area contributed by atoms with E-state index in [9.17, 15) is 4.79 Å². The fraction of sp³-hybridized carbons (Fsp3) is 0.429. The molecule has 1 N–H and O–H groups in total. The zero-order valence-corrected chi connectivity index (χ0v) is 11.3. The highest BCUT2D eigenvalue weighted by atomic mass is 16.6. The SMILES string of the molecule is [2H]C([2H])([2H])N(Cc1ccc(C=NO)cc1)C(=O)OC(C)(C)C. The van der Waals surface area contributed by atoms with E-state index < -0.39 is 18.7 Å². The highest BCUT2D eigenvalue weighted by Gasteiger charge is 2.19. The second kappa shape index (κ2) is 6.22. The molecule has 0 spiro atoms. The van der Waals surface area contributed by atoms with Crippen LogP contribution in [0.15, 0.2) is 29.4 Å². The lowest BCUT2D eigenvalue weighted by atomic mass is 10.1. The van der Waals surface area contributed by atoms with E-state index in [2.05, 4.69) is 5.16 Å². The van der Waals surface area contributed by atoms with Crippen LogP contribution in [-0.4, -0.2) is 35.0 Å². The normalized spacial score (nSPS) is 14.6. The van der Waals surface area contributed by atoms with Gasteiger partial charge in [-0.05, 0) is 31.9 Å². The lowest BCUT2D eigenvalue weighted by Gasteiger charge is -2.24. The molecule has 5 nitrogen and oxygen atoms in total. The summed E-state index contributed by atoms with van der Waals surface area (Å²) in [4.78, 5) is 12.8. The third kappa shape index (κ3) is 5.42. The zero-order chi connectivity index (χ0) is 17.0. The molecule has 0 heterocycles. The van der Waals surface area contributed by atoms with E-state index in [1.807, 2.05) is 0 Å². The Morgan fingerprint density at radius 3 is 2.58 bits per heavy atom. The fourth-order valence-corrected chi connectivity index (χ4v) is 1.34. The molecule has 0 aliphatic heterocycles. The van der Waals surface area contributed by atoms with Crippen molar-refractivity contribution in [3.8, 4) is 0 Å². The van der Waals surface area contributed by atoms with Crippen molar-refractivity contribution in [1.29, 1.82) is 0 Å². The van der Waals surface area contributed by atoms with Gasteiger partial charge in [0.2, 0.25) is 0 Å². The Labute approximate surface area is 117 Å². The summed E-state index contributed by atoms with van der Waals surface area (Å²) in [6, 6.07) is 6.62. The monoisotopic (exact) mass is 267 g/mol. The Hall–Kier alpha value is -2.04. The molecule has 0 radical (unpaired) electrons. The van der Waals surface area contributed by atoms with Crippen molar-refractivity contribution in [2.24, 2.45) is 5.16 Å². The molecule has 0 fully saturated rings. The van der Waals surface area contributed by atoms with E-state index in [1.165, 1.54) is 6.21 Å². The van der Waals surface area contributed by atoms with Gasteiger partial charge in [0.25, 0.3) is 0 Å². The van der Waals surface area contributed by atoms with Crippen molar-refractivity contribution in [1.82, 2.24) is 4.90 Å². The quantitative estimate of drug-likeness (QED) is 0.520. The molecule has 5 heteroatoms. The van der Waals surface area contributed by atoms with Crippen molar-refractivity contribution >= 4 is 12.3 Å². The lowest BCUT2D eigenvalue weighted by molar-refractivity contribution is 0.0285. The van der Waals surface area contributed by atoms with Crippen LogP contribution in [0.25, 0.3) is 0 Å². The van der Waals surface area contributed by atoms with Crippen LogP contribution in [-0.2, 0) is 11.3 Å². The van der Waals surface area contributed by atoms with Crippen molar-refractivity contribution in [2.45, 2.75) is 32.9 Å². The minimum atomic E-state index is -2.60. The number of carbonyl (C=O) groups is 1. The van der Waals surface area contributed by atoms with E-state index in [0.29, 0.717) is 16.0 Å². The summed E-state index contributed by atoms with van der Waals surface area (Å²) in [6.07, 6.45) is 0.354. The number of benzene rings is 1. The number of hydrogen-bond donors (Lipinski definition) is 1. The first kappa shape index (κ1) is 10.8. The molecule has 0 aliphatic rings. The van der Waals surface area contributed by atoms with Gasteiger partial charge in [-0.1, -0.05) is 29.4 Å². The van der Waals surface area contributed by atoms with Crippen LogP contribution in [0.3, 0.4) is 0 Å². The van der Waals surface area contributed by atoms with E-state index in [1.54, 1.807) is 45.0 Å². The Kier molecular flexibility index (Phi) is 3.55. The first-order chi connectivity index (χ1) is 10.0. The molecule has 1 amide bonds. The van der Waals surface area contributed by atoms with Gasteiger partial charge in [-0.15, -0.1) is 0 Å². The summed E-state index contributed by atoms with van der Waals surface area (Å²) < 4.78 is 27.6. The Bertz CT molecular complexity index is 534. The second-order valence-corrected chi connectivity index (χ2v) is 5.05. The van der Waals surface area contributed by atoms with Crippen LogP contribution in [0.1, 0.15) is 36.0 Å². The molecule has 0 aliphatic carbocycles. The standard InChI is InChI=1S/C14H20N2O3/c1-14(2,3)19-13(17)16(4)10-12-7-5-11(6-8-12)9-15-18/h5-9,18H,10H2,1-4H3/i4D3. The van der Waals surface area contributed by atoms with Crippen LogP contribution < -0.4 is 0 Å². The van der Waals surface area contributed by atoms with Crippen LogP contribution >= 0.6 is 0 Å². The molecule has 0 aromatic heterocycles. The Balaban J connectivity index is 2.92. The van der Waals surface area contributed by atoms with Gasteiger partial charge in [0.15, 0.2) is 0 Å². The molecular weight excluding hydrogens is 244 g/mol. The largest absolute Gasteiger partial charge is 0.444 e. The van der Waals surface area contributed by atoms with Gasteiger partial charge >= 0.3 is 6.09 Å². The molecule has 0 atom stereocenters. The summed E-state index contributed by atoms with van der Waals surface area (Å²) in [7, 11) is 0. The zero-order valence-electron chi connectivity index (χ0n) is 14.3. The highest BCUT2D eigenvalue weighted by molar-refractivity contribution is 5.79. The topological polar surface area (TPSA) is 62.1 Å². The molecule has 1 rings (SSSR count). The molecular formula is C14H20N2O3. The van der Waals surface area contributed by atoms with E-state index >= 15 is 0 Å². The van der Waals surface area contributed by atoms with E-state index in [0.717, 1.165) is 0 Å². The molecule has 1 aromatic carbocycles. The number of hydrogen-bond acceptors (Lipinski definition) is 4. The number of ether oxygens (including phenoxy) is 1. The summed E-state index contributed by atoms with van der Waals surface area (Å²) in [6.45, 7) is 2.30. The minimum Gasteiger partial charge on any atom is -0.444 e. The van der Waals surface area contributed by atoms with Crippen LogP contribution in [0.4, 0.5) is 4.79 Å². The number of amides is 1. The predicted octanol–water partition coefficient (Wildman–Crippen LogP) is 2.86. The van der Waals surface area contributed by atoms with Crippen LogP contribution in [0, 0.1) is 0 Å². The number of rotatable bonds is 3. The van der Waals surface area contributed by atoms with Crippen molar-refractivity contribution in [3.63, 3.8) is 0 Å². The maximum atomic E-state index is 12.1. The average molecular weight is 267 g/mol. The van der Waals surface area contributed by atoms with E-state index in [-0.39, 0.29) is 6.54 Å². The average Bonchev–Trinajstić information content (AvgIpc) is 2.34. The fourth-order valence-electron chi connectivity index (χ4n) is 1.34. The Morgan fingerprint density at radius 2 is 2.11 bits per heavy atom. The Morgan fingerprint density at radius 1 is 1.47 bits per heavy atom. The summed E-state index contributed by atoms with van der Waals surface area (Å²) >= 11 is 0. The summed E-state index contributed by atoms with van der Waals surface area (Å²) in [5.74, 6) is 0. The third-order valence-corrected chi connectivity index (χ3v) is 2.14. The van der Waals surface area contributed by atoms with Crippen molar-refractivity contribution < 1.29 is 18.9 Å². The molecule has 0 bridgehead atoms.